The number of hydrogen-bond acceptors (Lipinski definition) is 12. The van der Waals surface area contributed by atoms with Crippen molar-refractivity contribution in [3.8, 4) is 0 Å². The molecule has 4 amide bonds. The molecular formula is C31H47N7O9S2. The zero-order valence-corrected chi connectivity index (χ0v) is 29.7. The summed E-state index contributed by atoms with van der Waals surface area (Å²) in [5.74, 6) is 0. The maximum absolute atomic E-state index is 13.5. The molecule has 49 heavy (non-hydrogen) atoms. The molecule has 3 aliphatic rings. The van der Waals surface area contributed by atoms with Crippen LogP contribution in [0.25, 0.3) is 0 Å². The monoisotopic (exact) mass is 725 g/mol. The number of pyridine rings is 1. The minimum Gasteiger partial charge on any atom is -0.394 e. The number of carbonyl (C=O) groups is 2. The molecule has 1 saturated heterocycles. The third kappa shape index (κ3) is 8.07. The van der Waals surface area contributed by atoms with Gasteiger partial charge in [-0.2, -0.15) is 0 Å². The van der Waals surface area contributed by atoms with Crippen LogP contribution in [0, 0.1) is 0 Å². The van der Waals surface area contributed by atoms with E-state index in [0.717, 1.165) is 72.4 Å². The van der Waals surface area contributed by atoms with Crippen molar-refractivity contribution in [1.82, 2.24) is 20.6 Å². The molecule has 9 N–H and O–H groups in total. The van der Waals surface area contributed by atoms with E-state index in [1.54, 1.807) is 0 Å². The summed E-state index contributed by atoms with van der Waals surface area (Å²) in [5.41, 5.74) is 2.66. The van der Waals surface area contributed by atoms with E-state index in [4.69, 9.17) is 19.6 Å². The van der Waals surface area contributed by atoms with E-state index in [2.05, 4.69) is 39.1 Å². The van der Waals surface area contributed by atoms with Gasteiger partial charge in [-0.25, -0.2) is 23.9 Å². The van der Waals surface area contributed by atoms with E-state index in [1.165, 1.54) is 13.1 Å². The Bertz CT molecular complexity index is 1670. The highest BCUT2D eigenvalue weighted by molar-refractivity contribution is 7.93. The van der Waals surface area contributed by atoms with Gasteiger partial charge < -0.3 is 45.9 Å². The van der Waals surface area contributed by atoms with Crippen molar-refractivity contribution in [1.29, 1.82) is 0 Å². The summed E-state index contributed by atoms with van der Waals surface area (Å²) in [5, 5.41) is 55.8. The van der Waals surface area contributed by atoms with Crippen LogP contribution in [0.1, 0.15) is 80.9 Å². The predicted molar refractivity (Wildman–Crippen MR) is 180 cm³/mol. The SMILES string of the molecule is CCCCO[C@H]1[C@H](O)[C@@H](CO)OC(NC(=O)NCC(C)(O)c2ncc(S(N)(=O)=NC(=O)Nc3c4c(nc5c3CCC5(C)C)CCC4)s2)[C@@H]1O. The maximum atomic E-state index is 13.5. The van der Waals surface area contributed by atoms with Crippen LogP contribution in [-0.4, -0.2) is 97.1 Å². The summed E-state index contributed by atoms with van der Waals surface area (Å²) in [6, 6.07) is -1.70. The highest BCUT2D eigenvalue weighted by atomic mass is 32.2. The van der Waals surface area contributed by atoms with Crippen LogP contribution in [0.4, 0.5) is 15.3 Å². The maximum Gasteiger partial charge on any atom is 0.354 e. The zero-order valence-electron chi connectivity index (χ0n) is 28.1. The first-order valence-electron chi connectivity index (χ1n) is 16.5. The van der Waals surface area contributed by atoms with Crippen molar-refractivity contribution in [3.05, 3.63) is 33.7 Å². The lowest BCUT2D eigenvalue weighted by atomic mass is 9.90. The van der Waals surface area contributed by atoms with E-state index in [1.807, 2.05) is 6.92 Å². The number of nitrogens with two attached hydrogens (primary N) is 1. The topological polar surface area (TPSA) is 251 Å². The lowest BCUT2D eigenvalue weighted by Crippen LogP contribution is -2.65. The number of aryl methyl sites for hydroxylation is 1. The summed E-state index contributed by atoms with van der Waals surface area (Å²) in [6.45, 7) is 6.87. The van der Waals surface area contributed by atoms with E-state index in [0.29, 0.717) is 12.1 Å². The number of nitrogens with zero attached hydrogens (tertiary/aromatic N) is 3. The normalized spacial score (nSPS) is 26.6. The number of aliphatic hydroxyl groups excluding tert-OH is 3. The third-order valence-electron chi connectivity index (χ3n) is 9.19. The minimum atomic E-state index is -3.76. The number of ether oxygens (including phenoxy) is 2. The molecule has 16 nitrogen and oxygen atoms in total. The number of urea groups is 2. The van der Waals surface area contributed by atoms with E-state index >= 15 is 0 Å². The number of thiazole rings is 1. The smallest absolute Gasteiger partial charge is 0.354 e. The number of hydrogen-bond donors (Lipinski definition) is 8. The van der Waals surface area contributed by atoms with Crippen molar-refractivity contribution in [2.75, 3.05) is 25.1 Å². The van der Waals surface area contributed by atoms with Gasteiger partial charge in [0, 0.05) is 17.7 Å². The minimum absolute atomic E-state index is 0.0462. The Morgan fingerprint density at radius 3 is 2.71 bits per heavy atom. The first-order chi connectivity index (χ1) is 23.1. The molecule has 0 saturated carbocycles. The average molecular weight is 726 g/mol. The molecule has 272 valence electrons. The second-order valence-corrected chi connectivity index (χ2v) is 16.6. The first-order valence-corrected chi connectivity index (χ1v) is 18.9. The second kappa shape index (κ2) is 14.8. The summed E-state index contributed by atoms with van der Waals surface area (Å²) in [7, 11) is -3.76. The molecule has 0 aromatic carbocycles. The molecule has 3 unspecified atom stereocenters. The van der Waals surface area contributed by atoms with Crippen molar-refractivity contribution in [3.63, 3.8) is 0 Å². The second-order valence-electron chi connectivity index (χ2n) is 13.6. The largest absolute Gasteiger partial charge is 0.394 e. The molecule has 1 fully saturated rings. The highest BCUT2D eigenvalue weighted by Gasteiger charge is 2.46. The van der Waals surface area contributed by atoms with Crippen molar-refractivity contribution in [2.45, 2.75) is 119 Å². The predicted octanol–water partition coefficient (Wildman–Crippen LogP) is 1.31. The fraction of sp³-hybridized carbons (Fsp3) is 0.677. The number of aliphatic hydroxyl groups is 4. The third-order valence-corrected chi connectivity index (χ3v) is 12.3. The zero-order chi connectivity index (χ0) is 35.7. The van der Waals surface area contributed by atoms with Crippen LogP contribution in [0.3, 0.4) is 0 Å². The number of fused-ring (bicyclic) bond motifs is 2. The molecule has 5 rings (SSSR count). The number of aromatic nitrogens is 2. The lowest BCUT2D eigenvalue weighted by Gasteiger charge is -2.42. The number of amides is 4. The molecule has 1 aliphatic heterocycles. The fourth-order valence-corrected chi connectivity index (χ4v) is 8.45. The van der Waals surface area contributed by atoms with Gasteiger partial charge >= 0.3 is 12.1 Å². The van der Waals surface area contributed by atoms with Gasteiger partial charge in [-0.15, -0.1) is 15.7 Å². The van der Waals surface area contributed by atoms with Crippen LogP contribution in [-0.2, 0) is 49.7 Å². The first kappa shape index (κ1) is 37.4. The molecule has 0 spiro atoms. The van der Waals surface area contributed by atoms with Gasteiger partial charge in [0.1, 0.15) is 39.2 Å². The highest BCUT2D eigenvalue weighted by Crippen LogP contribution is 2.44. The number of anilines is 1. The molecular weight excluding hydrogens is 679 g/mol. The molecule has 0 bridgehead atoms. The van der Waals surface area contributed by atoms with Crippen LogP contribution < -0.4 is 21.1 Å². The molecule has 2 aromatic heterocycles. The number of nitrogens with one attached hydrogen (secondary N) is 3. The van der Waals surface area contributed by atoms with E-state index < -0.39 is 64.8 Å². The molecule has 2 aromatic rings. The summed E-state index contributed by atoms with van der Waals surface area (Å²) >= 11 is 0.782. The van der Waals surface area contributed by atoms with Gasteiger partial charge in [0.15, 0.2) is 16.1 Å². The fourth-order valence-electron chi connectivity index (χ4n) is 6.35. The average Bonchev–Trinajstić information content (AvgIpc) is 3.79. The Hall–Kier alpha value is -2.81. The summed E-state index contributed by atoms with van der Waals surface area (Å²) in [6.07, 6.45) is 0.515. The lowest BCUT2D eigenvalue weighted by molar-refractivity contribution is -0.245. The molecule has 18 heteroatoms. The molecule has 7 atom stereocenters. The Morgan fingerprint density at radius 2 is 2.00 bits per heavy atom. The quantitative estimate of drug-likeness (QED) is 0.153. The van der Waals surface area contributed by atoms with Gasteiger partial charge in [0.05, 0.1) is 30.7 Å². The van der Waals surface area contributed by atoms with Gasteiger partial charge in [0.25, 0.3) is 0 Å². The van der Waals surface area contributed by atoms with Crippen LogP contribution in [0.2, 0.25) is 0 Å². The van der Waals surface area contributed by atoms with Crippen LogP contribution in [0.15, 0.2) is 14.8 Å². The Morgan fingerprint density at radius 1 is 1.24 bits per heavy atom. The summed E-state index contributed by atoms with van der Waals surface area (Å²) in [4.78, 5) is 34.9. The Balaban J connectivity index is 1.23. The van der Waals surface area contributed by atoms with Crippen LogP contribution in [0.5, 0.6) is 0 Å². The van der Waals surface area contributed by atoms with Crippen molar-refractivity contribution < 1.29 is 43.7 Å². The van der Waals surface area contributed by atoms with Crippen molar-refractivity contribution >= 4 is 39.0 Å². The Labute approximate surface area is 289 Å². The van der Waals surface area contributed by atoms with Gasteiger partial charge in [-0.05, 0) is 56.6 Å². The molecule has 2 aliphatic carbocycles. The molecule has 0 radical (unpaired) electrons. The van der Waals surface area contributed by atoms with E-state index in [9.17, 15) is 34.2 Å². The van der Waals surface area contributed by atoms with Gasteiger partial charge in [0.2, 0.25) is 0 Å². The van der Waals surface area contributed by atoms with E-state index in [-0.39, 0.29) is 27.8 Å². The number of carbonyl (C=O) groups excluding carboxylic acids is 2. The van der Waals surface area contributed by atoms with Crippen LogP contribution >= 0.6 is 11.3 Å². The summed E-state index contributed by atoms with van der Waals surface area (Å²) < 4.78 is 28.3. The number of unbranched alkanes of at least 4 members (excludes halogenated alkanes) is 1. The van der Waals surface area contributed by atoms with Crippen molar-refractivity contribution in [2.24, 2.45) is 9.50 Å². The van der Waals surface area contributed by atoms with Gasteiger partial charge in [-0.3, -0.25) is 4.98 Å². The Kier molecular flexibility index (Phi) is 11.3. The number of rotatable bonds is 11. The standard InChI is InChI=1S/C31H47N7O9S2/c1-5-6-12-46-24-22(40)19(14-39)47-26(23(24)41)37-28(42)34-15-31(4,44)27-33-13-20(48-27)49(32,45)38-29(43)36-21-16-8-7-9-18(16)35-25-17(21)10-11-30(25,2)3/h13,19,22-24,26,39-41,44H,5-12,14-15H2,1-4H3,(H2,34,37,42)(H3,32,35,36,38,43,45)/t19-,22-,23-,24+,26?,31?,49?/m1/s1. The van der Waals surface area contributed by atoms with Gasteiger partial charge in [-0.1, -0.05) is 27.2 Å². The molecule has 3 heterocycles.